The van der Waals surface area contributed by atoms with E-state index < -0.39 is 0 Å². The Balaban J connectivity index is 1.88. The first-order chi connectivity index (χ1) is 11.4. The van der Waals surface area contributed by atoms with Gasteiger partial charge in [0.1, 0.15) is 5.75 Å². The van der Waals surface area contributed by atoms with Crippen molar-refractivity contribution in [1.82, 2.24) is 5.32 Å². The van der Waals surface area contributed by atoms with Crippen LogP contribution in [0.25, 0.3) is 6.08 Å². The second-order valence-electron chi connectivity index (χ2n) is 4.77. The number of phenolic OH excluding ortho intramolecular Hbond substituents is 1. The third-order valence-corrected chi connectivity index (χ3v) is 5.10. The maximum atomic E-state index is 12.1. The predicted octanol–water partition coefficient (Wildman–Crippen LogP) is 5.24. The molecule has 0 unspecified atom stereocenters. The largest absolute Gasteiger partial charge is 0.506 e. The number of amides is 1. The van der Waals surface area contributed by atoms with Crippen LogP contribution in [0, 0.1) is 0 Å². The number of rotatable bonds is 2. The number of halogens is 3. The number of thioether (sulfide) groups is 1. The molecular formula is C16H9Cl3N2O2S. The van der Waals surface area contributed by atoms with E-state index in [1.165, 1.54) is 17.8 Å². The second kappa shape index (κ2) is 7.07. The molecular weight excluding hydrogens is 391 g/mol. The van der Waals surface area contributed by atoms with Gasteiger partial charge in [-0.05, 0) is 47.7 Å². The number of carbonyl (C=O) groups is 1. The summed E-state index contributed by atoms with van der Waals surface area (Å²) in [5, 5.41) is 13.4. The lowest BCUT2D eigenvalue weighted by Gasteiger charge is -2.01. The lowest BCUT2D eigenvalue weighted by Crippen LogP contribution is -2.19. The summed E-state index contributed by atoms with van der Waals surface area (Å²) >= 11 is 19.1. The zero-order valence-corrected chi connectivity index (χ0v) is 15.0. The van der Waals surface area contributed by atoms with E-state index in [4.69, 9.17) is 34.8 Å². The lowest BCUT2D eigenvalue weighted by molar-refractivity contribution is -0.115. The van der Waals surface area contributed by atoms with Crippen molar-refractivity contribution in [3.63, 3.8) is 0 Å². The van der Waals surface area contributed by atoms with Crippen LogP contribution in [0.5, 0.6) is 5.75 Å². The van der Waals surface area contributed by atoms with E-state index in [9.17, 15) is 9.90 Å². The third kappa shape index (κ3) is 3.70. The molecule has 2 aromatic rings. The summed E-state index contributed by atoms with van der Waals surface area (Å²) in [5.74, 6) is -0.290. The molecule has 0 aliphatic carbocycles. The number of nitrogens with one attached hydrogen (secondary N) is 1. The zero-order chi connectivity index (χ0) is 17.3. The highest BCUT2D eigenvalue weighted by Gasteiger charge is 2.24. The SMILES string of the molecule is O=C1NC(=Nc2cccc(Cl)c2Cl)SC1=Cc1ccc(O)c(Cl)c1. The molecule has 0 aromatic heterocycles. The van der Waals surface area contributed by atoms with Crippen LogP contribution in [-0.4, -0.2) is 16.2 Å². The molecule has 2 N–H and O–H groups in total. The van der Waals surface area contributed by atoms with Crippen molar-refractivity contribution in [3.05, 3.63) is 61.9 Å². The maximum Gasteiger partial charge on any atom is 0.264 e. The zero-order valence-electron chi connectivity index (χ0n) is 11.9. The molecule has 0 atom stereocenters. The fourth-order valence-electron chi connectivity index (χ4n) is 1.93. The van der Waals surface area contributed by atoms with E-state index in [1.54, 1.807) is 36.4 Å². The lowest BCUT2D eigenvalue weighted by atomic mass is 10.2. The first-order valence-electron chi connectivity index (χ1n) is 6.66. The molecule has 2 aromatic carbocycles. The van der Waals surface area contributed by atoms with Crippen LogP contribution >= 0.6 is 46.6 Å². The Morgan fingerprint density at radius 2 is 1.92 bits per heavy atom. The standard InChI is InChI=1S/C16H9Cl3N2O2S/c17-9-2-1-3-11(14(9)19)20-16-21-15(23)13(24-16)7-8-4-5-12(22)10(18)6-8/h1-7,22H,(H,20,21,23). The number of aromatic hydroxyl groups is 1. The Labute approximate surface area is 157 Å². The fourth-order valence-corrected chi connectivity index (χ4v) is 3.29. The molecule has 24 heavy (non-hydrogen) atoms. The summed E-state index contributed by atoms with van der Waals surface area (Å²) < 4.78 is 0. The van der Waals surface area contributed by atoms with Crippen molar-refractivity contribution < 1.29 is 9.90 Å². The Morgan fingerprint density at radius 1 is 1.12 bits per heavy atom. The monoisotopic (exact) mass is 398 g/mol. The smallest absolute Gasteiger partial charge is 0.264 e. The minimum atomic E-state index is -0.277. The van der Waals surface area contributed by atoms with Gasteiger partial charge in [-0.3, -0.25) is 4.79 Å². The van der Waals surface area contributed by atoms with Crippen LogP contribution in [-0.2, 0) is 4.79 Å². The van der Waals surface area contributed by atoms with Crippen LogP contribution in [0.3, 0.4) is 0 Å². The van der Waals surface area contributed by atoms with E-state index in [0.717, 1.165) is 0 Å². The van der Waals surface area contributed by atoms with E-state index in [2.05, 4.69) is 10.3 Å². The van der Waals surface area contributed by atoms with Crippen LogP contribution in [0.4, 0.5) is 5.69 Å². The number of carbonyl (C=O) groups excluding carboxylic acids is 1. The quantitative estimate of drug-likeness (QED) is 0.678. The molecule has 0 radical (unpaired) electrons. The molecule has 1 aliphatic heterocycles. The number of benzene rings is 2. The minimum absolute atomic E-state index is 0.0137. The first-order valence-corrected chi connectivity index (χ1v) is 8.61. The summed E-state index contributed by atoms with van der Waals surface area (Å²) in [6.45, 7) is 0. The maximum absolute atomic E-state index is 12.1. The second-order valence-corrected chi connectivity index (χ2v) is 6.99. The molecule has 122 valence electrons. The van der Waals surface area contributed by atoms with E-state index in [-0.39, 0.29) is 16.7 Å². The van der Waals surface area contributed by atoms with Gasteiger partial charge in [0.05, 0.1) is 25.7 Å². The van der Waals surface area contributed by atoms with Crippen LogP contribution in [0.1, 0.15) is 5.56 Å². The average molecular weight is 400 g/mol. The van der Waals surface area contributed by atoms with Crippen molar-refractivity contribution in [3.8, 4) is 5.75 Å². The Kier molecular flexibility index (Phi) is 5.06. The van der Waals surface area contributed by atoms with Gasteiger partial charge in [-0.1, -0.05) is 46.9 Å². The Hall–Kier alpha value is -1.66. The number of nitrogens with zero attached hydrogens (tertiary/aromatic N) is 1. The van der Waals surface area contributed by atoms with Gasteiger partial charge in [0, 0.05) is 0 Å². The summed E-state index contributed by atoms with van der Waals surface area (Å²) in [4.78, 5) is 16.8. The Morgan fingerprint density at radius 3 is 2.67 bits per heavy atom. The molecule has 3 rings (SSSR count). The molecule has 1 aliphatic rings. The van der Waals surface area contributed by atoms with Gasteiger partial charge >= 0.3 is 0 Å². The molecule has 1 fully saturated rings. The predicted molar refractivity (Wildman–Crippen MR) is 100 cm³/mol. The number of aliphatic imine (C=N–C) groups is 1. The van der Waals surface area contributed by atoms with E-state index in [0.29, 0.717) is 31.4 Å². The molecule has 1 saturated heterocycles. The normalized spacial score (nSPS) is 17.5. The molecule has 8 heteroatoms. The molecule has 0 bridgehead atoms. The fraction of sp³-hybridized carbons (Fsp3) is 0. The topological polar surface area (TPSA) is 61.7 Å². The molecule has 1 heterocycles. The summed E-state index contributed by atoms with van der Waals surface area (Å²) in [6.07, 6.45) is 1.66. The van der Waals surface area contributed by atoms with Gasteiger partial charge < -0.3 is 10.4 Å². The van der Waals surface area contributed by atoms with Gasteiger partial charge in [-0.2, -0.15) is 0 Å². The van der Waals surface area contributed by atoms with Crippen LogP contribution in [0.15, 0.2) is 46.3 Å². The Bertz CT molecular complexity index is 897. The third-order valence-electron chi connectivity index (χ3n) is 3.07. The molecule has 0 spiro atoms. The molecule has 4 nitrogen and oxygen atoms in total. The number of hydrogen-bond acceptors (Lipinski definition) is 4. The van der Waals surface area contributed by atoms with Gasteiger partial charge in [0.25, 0.3) is 5.91 Å². The highest BCUT2D eigenvalue weighted by Crippen LogP contribution is 2.35. The van der Waals surface area contributed by atoms with Crippen LogP contribution < -0.4 is 5.32 Å². The van der Waals surface area contributed by atoms with Crippen molar-refractivity contribution in [2.45, 2.75) is 0 Å². The summed E-state index contributed by atoms with van der Waals surface area (Å²) in [7, 11) is 0. The van der Waals surface area contributed by atoms with Gasteiger partial charge in [0.15, 0.2) is 5.17 Å². The van der Waals surface area contributed by atoms with Crippen LogP contribution in [0.2, 0.25) is 15.1 Å². The number of phenols is 1. The van der Waals surface area contributed by atoms with Crippen molar-refractivity contribution in [2.75, 3.05) is 0 Å². The highest BCUT2D eigenvalue weighted by molar-refractivity contribution is 8.18. The molecule has 1 amide bonds. The van der Waals surface area contributed by atoms with Crippen molar-refractivity contribution in [1.29, 1.82) is 0 Å². The minimum Gasteiger partial charge on any atom is -0.506 e. The number of amidine groups is 1. The summed E-state index contributed by atoms with van der Waals surface area (Å²) in [5.41, 5.74) is 1.17. The highest BCUT2D eigenvalue weighted by atomic mass is 35.5. The van der Waals surface area contributed by atoms with Gasteiger partial charge in [-0.15, -0.1) is 0 Å². The van der Waals surface area contributed by atoms with Crippen molar-refractivity contribution in [2.24, 2.45) is 4.99 Å². The van der Waals surface area contributed by atoms with E-state index in [1.807, 2.05) is 0 Å². The number of hydrogen-bond donors (Lipinski definition) is 2. The van der Waals surface area contributed by atoms with E-state index >= 15 is 0 Å². The summed E-state index contributed by atoms with van der Waals surface area (Å²) in [6, 6.07) is 9.78. The van der Waals surface area contributed by atoms with Gasteiger partial charge in [0.2, 0.25) is 0 Å². The molecule has 0 saturated carbocycles. The van der Waals surface area contributed by atoms with Gasteiger partial charge in [-0.25, -0.2) is 4.99 Å². The van der Waals surface area contributed by atoms with Crippen molar-refractivity contribution >= 4 is 69.4 Å². The average Bonchev–Trinajstić information content (AvgIpc) is 2.87. The first kappa shape index (κ1) is 17.2.